The third kappa shape index (κ3) is 2.86. The number of carbonyl (C=O) groups excluding carboxylic acids is 1. The predicted octanol–water partition coefficient (Wildman–Crippen LogP) is 2.78. The van der Waals surface area contributed by atoms with Gasteiger partial charge in [0.1, 0.15) is 0 Å². The number of rotatable bonds is 3. The van der Waals surface area contributed by atoms with Gasteiger partial charge in [0, 0.05) is 57.4 Å². The highest BCUT2D eigenvalue weighted by Crippen LogP contribution is 2.63. The molecule has 6 heteroatoms. The van der Waals surface area contributed by atoms with Crippen molar-refractivity contribution in [3.8, 4) is 0 Å². The fraction of sp³-hybridized carbons (Fsp3) is 0.955. The predicted molar refractivity (Wildman–Crippen MR) is 102 cm³/mol. The summed E-state index contributed by atoms with van der Waals surface area (Å²) in [5, 5.41) is 0. The van der Waals surface area contributed by atoms with E-state index in [0.29, 0.717) is 17.8 Å². The van der Waals surface area contributed by atoms with Crippen LogP contribution in [0.15, 0.2) is 0 Å². The van der Waals surface area contributed by atoms with Crippen molar-refractivity contribution in [2.75, 3.05) is 32.7 Å². The van der Waals surface area contributed by atoms with Gasteiger partial charge in [-0.15, -0.1) is 0 Å². The van der Waals surface area contributed by atoms with Crippen LogP contribution in [0.25, 0.3) is 0 Å². The molecule has 5 aliphatic carbocycles. The van der Waals surface area contributed by atoms with Gasteiger partial charge in [0.15, 0.2) is 0 Å². The average molecular weight is 391 g/mol. The van der Waals surface area contributed by atoms with Crippen molar-refractivity contribution in [1.29, 1.82) is 0 Å². The Morgan fingerprint density at radius 3 is 2.11 bits per heavy atom. The quantitative estimate of drug-likeness (QED) is 0.548. The molecular weight excluding hydrogens is 356 g/mol. The van der Waals surface area contributed by atoms with E-state index in [1.54, 1.807) is 0 Å². The van der Waals surface area contributed by atoms with Crippen molar-refractivity contribution in [2.24, 2.45) is 29.6 Å². The topological polar surface area (TPSA) is 51.2 Å². The van der Waals surface area contributed by atoms with E-state index in [4.69, 9.17) is 14.5 Å². The number of amides is 1. The highest BCUT2D eigenvalue weighted by molar-refractivity contribution is 5.47. The summed E-state index contributed by atoms with van der Waals surface area (Å²) in [7, 11) is 0. The zero-order chi connectivity index (χ0) is 18.8. The molecule has 156 valence electrons. The Bertz CT molecular complexity index is 582. The van der Waals surface area contributed by atoms with Gasteiger partial charge in [0.05, 0.1) is 0 Å². The summed E-state index contributed by atoms with van der Waals surface area (Å²) < 4.78 is 6.82. The fourth-order valence-electron chi connectivity index (χ4n) is 7.51. The van der Waals surface area contributed by atoms with Gasteiger partial charge in [0.25, 0.3) is 0 Å². The van der Waals surface area contributed by atoms with Gasteiger partial charge >= 0.3 is 0 Å². The first-order valence-corrected chi connectivity index (χ1v) is 11.6. The minimum absolute atomic E-state index is 0.425. The molecule has 2 saturated heterocycles. The Kier molecular flexibility index (Phi) is 4.31. The molecule has 0 unspecified atom stereocenters. The smallest absolute Gasteiger partial charge is 0.210 e. The van der Waals surface area contributed by atoms with Gasteiger partial charge in [-0.3, -0.25) is 9.69 Å². The molecule has 6 nitrogen and oxygen atoms in total. The maximum atomic E-state index is 10.9. The third-order valence-electron chi connectivity index (χ3n) is 8.88. The van der Waals surface area contributed by atoms with Crippen LogP contribution in [0.3, 0.4) is 0 Å². The molecule has 0 aromatic carbocycles. The van der Waals surface area contributed by atoms with Gasteiger partial charge in [0.2, 0.25) is 18.0 Å². The molecule has 7 fully saturated rings. The second-order valence-corrected chi connectivity index (χ2v) is 10.6. The van der Waals surface area contributed by atoms with Crippen LogP contribution in [0.1, 0.15) is 57.8 Å². The number of ether oxygens (including phenoxy) is 1. The lowest BCUT2D eigenvalue weighted by atomic mass is 9.53. The lowest BCUT2D eigenvalue weighted by Crippen LogP contribution is -2.59. The van der Waals surface area contributed by atoms with Crippen LogP contribution < -0.4 is 0 Å². The van der Waals surface area contributed by atoms with Crippen LogP contribution in [0, 0.1) is 29.6 Å². The molecule has 2 heterocycles. The van der Waals surface area contributed by atoms with Gasteiger partial charge in [-0.25, -0.2) is 0 Å². The Labute approximate surface area is 167 Å². The standard InChI is InChI=1S/C22H34N2O4/c25-15-24-7-5-23(6-8-24)14-16-1-3-21(4-2-16)26-22(28-27-21)19-10-17-9-18(12-19)13-20(22)11-17/h15-20H,1-14H2. The Balaban J connectivity index is 1.06. The summed E-state index contributed by atoms with van der Waals surface area (Å²) >= 11 is 0. The third-order valence-corrected chi connectivity index (χ3v) is 8.88. The van der Waals surface area contributed by atoms with E-state index in [2.05, 4.69) is 4.90 Å². The van der Waals surface area contributed by atoms with Crippen molar-refractivity contribution in [1.82, 2.24) is 9.80 Å². The summed E-state index contributed by atoms with van der Waals surface area (Å²) in [5.74, 6) is 2.72. The molecule has 7 rings (SSSR count). The van der Waals surface area contributed by atoms with Crippen LogP contribution in [0.5, 0.6) is 0 Å². The number of piperazine rings is 1. The van der Waals surface area contributed by atoms with Crippen LogP contribution in [-0.4, -0.2) is 60.5 Å². The van der Waals surface area contributed by atoms with Gasteiger partial charge in [-0.2, -0.15) is 9.78 Å². The van der Waals surface area contributed by atoms with Crippen molar-refractivity contribution >= 4 is 6.41 Å². The van der Waals surface area contributed by atoms with Crippen molar-refractivity contribution < 1.29 is 19.3 Å². The molecule has 0 radical (unpaired) electrons. The van der Waals surface area contributed by atoms with Gasteiger partial charge in [-0.1, -0.05) is 0 Å². The molecule has 28 heavy (non-hydrogen) atoms. The van der Waals surface area contributed by atoms with Crippen molar-refractivity contribution in [3.05, 3.63) is 0 Å². The average Bonchev–Trinajstić information content (AvgIpc) is 3.08. The van der Waals surface area contributed by atoms with Gasteiger partial charge in [-0.05, 0) is 62.7 Å². The number of nitrogens with zero attached hydrogens (tertiary/aromatic N) is 2. The molecular formula is C22H34N2O4. The van der Waals surface area contributed by atoms with E-state index in [1.807, 2.05) is 4.90 Å². The largest absolute Gasteiger partial charge is 0.343 e. The lowest BCUT2D eigenvalue weighted by molar-refractivity contribution is -0.390. The van der Waals surface area contributed by atoms with Crippen molar-refractivity contribution in [2.45, 2.75) is 69.4 Å². The Hall–Kier alpha value is -0.690. The minimum atomic E-state index is -0.484. The first-order valence-electron chi connectivity index (χ1n) is 11.6. The van der Waals surface area contributed by atoms with Crippen molar-refractivity contribution in [3.63, 3.8) is 0 Å². The number of hydrogen-bond acceptors (Lipinski definition) is 5. The molecule has 0 atom stereocenters. The van der Waals surface area contributed by atoms with E-state index >= 15 is 0 Å². The van der Waals surface area contributed by atoms with E-state index < -0.39 is 11.6 Å². The van der Waals surface area contributed by atoms with E-state index in [0.717, 1.165) is 76.7 Å². The fourth-order valence-corrected chi connectivity index (χ4v) is 7.51. The van der Waals surface area contributed by atoms with E-state index in [9.17, 15) is 4.79 Å². The zero-order valence-corrected chi connectivity index (χ0v) is 16.9. The first-order chi connectivity index (χ1) is 13.7. The molecule has 4 bridgehead atoms. The molecule has 1 amide bonds. The number of carbonyl (C=O) groups is 1. The second kappa shape index (κ2) is 6.66. The van der Waals surface area contributed by atoms with E-state index in [1.165, 1.54) is 32.1 Å². The Morgan fingerprint density at radius 1 is 0.857 bits per heavy atom. The Morgan fingerprint density at radius 2 is 1.50 bits per heavy atom. The summed E-state index contributed by atoms with van der Waals surface area (Å²) in [5.41, 5.74) is 0. The molecule has 0 N–H and O–H groups in total. The normalized spacial score (nSPS) is 50.7. The number of hydrogen-bond donors (Lipinski definition) is 0. The van der Waals surface area contributed by atoms with Crippen LogP contribution >= 0.6 is 0 Å². The van der Waals surface area contributed by atoms with E-state index in [-0.39, 0.29) is 0 Å². The van der Waals surface area contributed by atoms with Crippen LogP contribution in [0.4, 0.5) is 0 Å². The minimum Gasteiger partial charge on any atom is -0.343 e. The summed E-state index contributed by atoms with van der Waals surface area (Å²) in [6, 6.07) is 0. The SMILES string of the molecule is O=CN1CCN(CC2CCC3(CC2)OOC2(O3)C3CC4CC(C3)CC2C4)CC1. The summed E-state index contributed by atoms with van der Waals surface area (Å²) in [6.45, 7) is 4.89. The monoisotopic (exact) mass is 390 g/mol. The maximum absolute atomic E-state index is 10.9. The molecule has 0 aromatic heterocycles. The molecule has 2 aliphatic heterocycles. The molecule has 2 spiro atoms. The van der Waals surface area contributed by atoms with Gasteiger partial charge < -0.3 is 9.64 Å². The molecule has 0 aromatic rings. The first kappa shape index (κ1) is 18.1. The summed E-state index contributed by atoms with van der Waals surface area (Å²) in [4.78, 5) is 27.5. The highest BCUT2D eigenvalue weighted by Gasteiger charge is 2.66. The summed E-state index contributed by atoms with van der Waals surface area (Å²) in [6.07, 6.45) is 11.8. The van der Waals surface area contributed by atoms with Crippen LogP contribution in [0.2, 0.25) is 0 Å². The lowest BCUT2D eigenvalue weighted by Gasteiger charge is -2.57. The second-order valence-electron chi connectivity index (χ2n) is 10.6. The molecule has 7 aliphatic rings. The van der Waals surface area contributed by atoms with Crippen LogP contribution in [-0.2, 0) is 19.3 Å². The zero-order valence-electron chi connectivity index (χ0n) is 16.9. The maximum Gasteiger partial charge on any atom is 0.210 e. The highest BCUT2D eigenvalue weighted by atomic mass is 17.3. The molecule has 5 saturated carbocycles.